The molecule has 4 heteroatoms. The highest BCUT2D eigenvalue weighted by Crippen LogP contribution is 2.00. The van der Waals surface area contributed by atoms with Crippen molar-refractivity contribution in [2.24, 2.45) is 0 Å². The van der Waals surface area contributed by atoms with E-state index in [0.717, 1.165) is 0 Å². The minimum atomic E-state index is -2.08. The van der Waals surface area contributed by atoms with Crippen LogP contribution in [-0.4, -0.2) is 14.2 Å². The highest BCUT2D eigenvalue weighted by atomic mass is 32.2. The molecule has 0 spiro atoms. The summed E-state index contributed by atoms with van der Waals surface area (Å²) in [6.45, 7) is 0. The van der Waals surface area contributed by atoms with Gasteiger partial charge >= 0.3 is 0 Å². The normalized spacial score (nSPS) is 11.7. The molecule has 0 aromatic heterocycles. The first-order valence-corrected chi connectivity index (χ1v) is 3.52. The van der Waals surface area contributed by atoms with Gasteiger partial charge in [-0.2, -0.15) is 0 Å². The fourth-order valence-electron chi connectivity index (χ4n) is 0.532. The van der Waals surface area contributed by atoms with E-state index in [1.807, 2.05) is 0 Å². The van der Waals surface area contributed by atoms with Gasteiger partial charge in [-0.3, -0.25) is 4.21 Å². The largest absolute Gasteiger partial charge is 0.768 e. The van der Waals surface area contributed by atoms with Gasteiger partial charge < -0.3 is 10.0 Å². The van der Waals surface area contributed by atoms with Crippen LogP contribution >= 0.6 is 0 Å². The topological polar surface area (TPSA) is 71.6 Å². The number of benzene rings is 1. The summed E-state index contributed by atoms with van der Waals surface area (Å²) in [5, 5.41) is 0. The average Bonchev–Trinajstić information content (AvgIpc) is 1.90. The highest BCUT2D eigenvalue weighted by molar-refractivity contribution is 7.79. The van der Waals surface area contributed by atoms with Gasteiger partial charge in [-0.25, -0.2) is 0 Å². The molecule has 10 heavy (non-hydrogen) atoms. The Morgan fingerprint density at radius 2 is 1.70 bits per heavy atom. The molecule has 0 saturated carbocycles. The maximum absolute atomic E-state index is 10.2. The minimum Gasteiger partial charge on any atom is -0.768 e. The molecule has 2 N–H and O–H groups in total. The smallest absolute Gasteiger partial charge is 0.0248 e. The number of rotatable bonds is 1. The molecule has 3 nitrogen and oxygen atoms in total. The third-order valence-electron chi connectivity index (χ3n) is 0.936. The van der Waals surface area contributed by atoms with Gasteiger partial charge in [0.2, 0.25) is 0 Å². The van der Waals surface area contributed by atoms with E-state index in [0.29, 0.717) is 4.90 Å². The van der Waals surface area contributed by atoms with E-state index >= 15 is 0 Å². The Balaban J connectivity index is 0.000000810. The summed E-state index contributed by atoms with van der Waals surface area (Å²) in [5.74, 6) is 0. The van der Waals surface area contributed by atoms with Crippen molar-refractivity contribution in [3.63, 3.8) is 0 Å². The van der Waals surface area contributed by atoms with Gasteiger partial charge in [-0.05, 0) is 23.2 Å². The molecule has 0 amide bonds. The first-order chi connectivity index (χ1) is 4.30. The molecule has 0 bridgehead atoms. The molecular weight excluding hydrogens is 152 g/mol. The Labute approximate surface area is 61.3 Å². The van der Waals surface area contributed by atoms with Gasteiger partial charge in [0.15, 0.2) is 0 Å². The number of hydrogen-bond acceptors (Lipinski definition) is 2. The summed E-state index contributed by atoms with van der Waals surface area (Å²) in [7, 11) is 0. The molecule has 1 aromatic rings. The van der Waals surface area contributed by atoms with Crippen molar-refractivity contribution in [2.75, 3.05) is 0 Å². The van der Waals surface area contributed by atoms with Crippen LogP contribution in [-0.2, 0) is 11.1 Å². The molecule has 1 rings (SSSR count). The van der Waals surface area contributed by atoms with E-state index in [1.165, 1.54) is 0 Å². The quantitative estimate of drug-likeness (QED) is 0.545. The standard InChI is InChI=1S/C6H6O2S.H2O/c7-9(8)6-4-2-1-3-5-6;/h1-5H,(H,7,8);1H2/p-1. The lowest BCUT2D eigenvalue weighted by molar-refractivity contribution is 0.537. The van der Waals surface area contributed by atoms with Crippen LogP contribution < -0.4 is 0 Å². The average molecular weight is 159 g/mol. The van der Waals surface area contributed by atoms with Crippen LogP contribution in [0.4, 0.5) is 0 Å². The van der Waals surface area contributed by atoms with Gasteiger partial charge in [-0.15, -0.1) is 0 Å². The first-order valence-electron chi connectivity index (χ1n) is 2.45. The van der Waals surface area contributed by atoms with E-state index < -0.39 is 11.1 Å². The molecule has 56 valence electrons. The van der Waals surface area contributed by atoms with Crippen LogP contribution in [0.1, 0.15) is 0 Å². The molecule has 0 saturated heterocycles. The lowest BCUT2D eigenvalue weighted by atomic mass is 10.4. The van der Waals surface area contributed by atoms with Crippen molar-refractivity contribution in [3.8, 4) is 0 Å². The summed E-state index contributed by atoms with van der Waals surface area (Å²) < 4.78 is 20.4. The highest BCUT2D eigenvalue weighted by Gasteiger charge is 1.84. The van der Waals surface area contributed by atoms with Crippen molar-refractivity contribution in [1.29, 1.82) is 0 Å². The van der Waals surface area contributed by atoms with Gasteiger partial charge in [0.05, 0.1) is 0 Å². The van der Waals surface area contributed by atoms with Gasteiger partial charge in [-0.1, -0.05) is 18.2 Å². The third kappa shape index (κ3) is 2.26. The predicted octanol–water partition coefficient (Wildman–Crippen LogP) is 0.0999. The van der Waals surface area contributed by atoms with Gasteiger partial charge in [0.25, 0.3) is 0 Å². The second kappa shape index (κ2) is 4.16. The molecule has 1 atom stereocenters. The summed E-state index contributed by atoms with van der Waals surface area (Å²) in [5.41, 5.74) is 0. The molecule has 1 unspecified atom stereocenters. The van der Waals surface area contributed by atoms with E-state index in [9.17, 15) is 8.76 Å². The van der Waals surface area contributed by atoms with Crippen LogP contribution in [0.25, 0.3) is 0 Å². The van der Waals surface area contributed by atoms with Crippen molar-refractivity contribution in [1.82, 2.24) is 0 Å². The molecule has 0 aliphatic carbocycles. The van der Waals surface area contributed by atoms with Crippen LogP contribution in [0, 0.1) is 0 Å². The Morgan fingerprint density at radius 3 is 2.00 bits per heavy atom. The fraction of sp³-hybridized carbons (Fsp3) is 0. The van der Waals surface area contributed by atoms with E-state index in [1.54, 1.807) is 30.3 Å². The van der Waals surface area contributed by atoms with Crippen molar-refractivity contribution >= 4 is 11.1 Å². The molecule has 0 aliphatic heterocycles. The van der Waals surface area contributed by atoms with Crippen LogP contribution in [0.3, 0.4) is 0 Å². The Hall–Kier alpha value is -0.710. The maximum atomic E-state index is 10.2. The maximum Gasteiger partial charge on any atom is 0.0248 e. The Bertz CT molecular complexity index is 209. The Kier molecular flexibility index (Phi) is 3.87. The SMILES string of the molecule is O.O=S([O-])c1ccccc1. The van der Waals surface area contributed by atoms with E-state index in [-0.39, 0.29) is 5.48 Å². The lowest BCUT2D eigenvalue weighted by Crippen LogP contribution is -1.85. The lowest BCUT2D eigenvalue weighted by Gasteiger charge is -2.01. The third-order valence-corrected chi connectivity index (χ3v) is 1.59. The number of hydrogen-bond donors (Lipinski definition) is 0. The van der Waals surface area contributed by atoms with Gasteiger partial charge in [0, 0.05) is 4.90 Å². The Morgan fingerprint density at radius 1 is 1.20 bits per heavy atom. The molecule has 0 radical (unpaired) electrons. The van der Waals surface area contributed by atoms with Crippen LogP contribution in [0.15, 0.2) is 35.2 Å². The molecule has 0 fully saturated rings. The zero-order valence-corrected chi connectivity index (χ0v) is 5.93. The summed E-state index contributed by atoms with van der Waals surface area (Å²) >= 11 is -2.08. The van der Waals surface area contributed by atoms with Crippen molar-refractivity contribution < 1.29 is 14.2 Å². The first kappa shape index (κ1) is 9.29. The fourth-order valence-corrected chi connectivity index (χ4v) is 0.911. The van der Waals surface area contributed by atoms with Crippen LogP contribution in [0.2, 0.25) is 0 Å². The molecule has 0 aliphatic rings. The second-order valence-corrected chi connectivity index (χ2v) is 2.49. The van der Waals surface area contributed by atoms with E-state index in [2.05, 4.69) is 0 Å². The zero-order chi connectivity index (χ0) is 6.69. The van der Waals surface area contributed by atoms with Gasteiger partial charge in [0.1, 0.15) is 0 Å². The predicted molar refractivity (Wildman–Crippen MR) is 37.2 cm³/mol. The second-order valence-electron chi connectivity index (χ2n) is 1.55. The van der Waals surface area contributed by atoms with Crippen molar-refractivity contribution in [2.45, 2.75) is 4.90 Å². The van der Waals surface area contributed by atoms with E-state index in [4.69, 9.17) is 0 Å². The summed E-state index contributed by atoms with van der Waals surface area (Å²) in [6, 6.07) is 8.23. The monoisotopic (exact) mass is 159 g/mol. The summed E-state index contributed by atoms with van der Waals surface area (Å²) in [4.78, 5) is 0.331. The van der Waals surface area contributed by atoms with Crippen LogP contribution in [0.5, 0.6) is 0 Å². The zero-order valence-electron chi connectivity index (χ0n) is 5.11. The molecule has 0 heterocycles. The van der Waals surface area contributed by atoms with Crippen molar-refractivity contribution in [3.05, 3.63) is 30.3 Å². The molecular formula is C6H7O3S-. The minimum absolute atomic E-state index is 0. The summed E-state index contributed by atoms with van der Waals surface area (Å²) in [6.07, 6.45) is 0. The molecule has 1 aromatic carbocycles.